The van der Waals surface area contributed by atoms with Crippen molar-refractivity contribution in [3.8, 4) is 5.75 Å². The van der Waals surface area contributed by atoms with Gasteiger partial charge in [-0.1, -0.05) is 61.8 Å². The second kappa shape index (κ2) is 9.20. The van der Waals surface area contributed by atoms with E-state index in [1.165, 1.54) is 5.56 Å². The summed E-state index contributed by atoms with van der Waals surface area (Å²) in [7, 11) is 0. The molecule has 0 aromatic heterocycles. The number of hydrogen-bond acceptors (Lipinski definition) is 5. The molecule has 0 amide bonds. The van der Waals surface area contributed by atoms with Gasteiger partial charge in [0.05, 0.1) is 10.6 Å². The first kappa shape index (κ1) is 21.5. The highest BCUT2D eigenvalue weighted by atomic mass is 35.5. The Balaban J connectivity index is 1.48. The molecule has 5 nitrogen and oxygen atoms in total. The summed E-state index contributed by atoms with van der Waals surface area (Å²) in [4.78, 5) is 28.9. The average molecular weight is 446 g/mol. The normalized spacial score (nSPS) is 14.4. The molecule has 3 aromatic rings. The number of cyclic esters (lactones) is 1. The molecule has 0 bridgehead atoms. The molecule has 0 spiro atoms. The standard InChI is InChI=1S/C26H20ClNO4/c1-16(2)18-9-11-19(12-10-18)24-28-23(26(30)32-24)15-17-7-13-20(14-8-17)31-25(29)21-5-3-4-6-22(21)27/h3-16H,1-2H3/b23-15-. The summed E-state index contributed by atoms with van der Waals surface area (Å²) in [5.74, 6) is 0.00260. The molecule has 0 aliphatic carbocycles. The fraction of sp³-hybridized carbons (Fsp3) is 0.115. The number of ether oxygens (including phenoxy) is 2. The summed E-state index contributed by atoms with van der Waals surface area (Å²) < 4.78 is 10.7. The zero-order valence-corrected chi connectivity index (χ0v) is 18.3. The second-order valence-corrected chi connectivity index (χ2v) is 7.96. The Kier molecular flexibility index (Phi) is 6.19. The van der Waals surface area contributed by atoms with E-state index in [2.05, 4.69) is 18.8 Å². The van der Waals surface area contributed by atoms with Crippen molar-refractivity contribution in [3.63, 3.8) is 0 Å². The molecular formula is C26H20ClNO4. The van der Waals surface area contributed by atoms with Gasteiger partial charge in [0.15, 0.2) is 5.70 Å². The average Bonchev–Trinajstić information content (AvgIpc) is 3.15. The number of esters is 2. The van der Waals surface area contributed by atoms with E-state index in [4.69, 9.17) is 21.1 Å². The van der Waals surface area contributed by atoms with Crippen LogP contribution in [0.5, 0.6) is 5.75 Å². The highest BCUT2D eigenvalue weighted by Crippen LogP contribution is 2.23. The van der Waals surface area contributed by atoms with Gasteiger partial charge in [-0.2, -0.15) is 0 Å². The zero-order chi connectivity index (χ0) is 22.7. The van der Waals surface area contributed by atoms with Crippen molar-refractivity contribution >= 4 is 35.5 Å². The number of halogens is 1. The van der Waals surface area contributed by atoms with Gasteiger partial charge >= 0.3 is 11.9 Å². The predicted octanol–water partition coefficient (Wildman–Crippen LogP) is 6.03. The van der Waals surface area contributed by atoms with Crippen molar-refractivity contribution in [3.05, 3.63) is 106 Å². The van der Waals surface area contributed by atoms with Crippen molar-refractivity contribution < 1.29 is 19.1 Å². The molecule has 4 rings (SSSR count). The third-order valence-electron chi connectivity index (χ3n) is 4.93. The molecule has 3 aromatic carbocycles. The first-order valence-corrected chi connectivity index (χ1v) is 10.5. The SMILES string of the molecule is CC(C)c1ccc(C2=N/C(=C\c3ccc(OC(=O)c4ccccc4Cl)cc3)C(=O)O2)cc1. The van der Waals surface area contributed by atoms with E-state index in [0.29, 0.717) is 16.7 Å². The zero-order valence-electron chi connectivity index (χ0n) is 17.5. The van der Waals surface area contributed by atoms with Crippen LogP contribution in [0.3, 0.4) is 0 Å². The highest BCUT2D eigenvalue weighted by Gasteiger charge is 2.24. The maximum atomic E-state index is 12.3. The van der Waals surface area contributed by atoms with Crippen molar-refractivity contribution in [1.82, 2.24) is 0 Å². The lowest BCUT2D eigenvalue weighted by atomic mass is 10.0. The Labute approximate surface area is 191 Å². The van der Waals surface area contributed by atoms with E-state index in [1.54, 1.807) is 54.6 Å². The molecule has 1 heterocycles. The van der Waals surface area contributed by atoms with E-state index < -0.39 is 11.9 Å². The van der Waals surface area contributed by atoms with Gasteiger partial charge in [-0.25, -0.2) is 14.6 Å². The third-order valence-corrected chi connectivity index (χ3v) is 5.26. The third kappa shape index (κ3) is 4.79. The van der Waals surface area contributed by atoms with E-state index >= 15 is 0 Å². The van der Waals surface area contributed by atoms with Crippen LogP contribution < -0.4 is 4.74 Å². The predicted molar refractivity (Wildman–Crippen MR) is 124 cm³/mol. The molecular weight excluding hydrogens is 426 g/mol. The van der Waals surface area contributed by atoms with Crippen LogP contribution in [0.15, 0.2) is 83.5 Å². The molecule has 0 unspecified atom stereocenters. The number of carbonyl (C=O) groups excluding carboxylic acids is 2. The Bertz CT molecular complexity index is 1230. The first-order valence-electron chi connectivity index (χ1n) is 10.1. The van der Waals surface area contributed by atoms with Crippen molar-refractivity contribution in [2.75, 3.05) is 0 Å². The van der Waals surface area contributed by atoms with Crippen LogP contribution in [0.1, 0.15) is 46.8 Å². The van der Waals surface area contributed by atoms with Crippen LogP contribution in [0.4, 0.5) is 0 Å². The monoisotopic (exact) mass is 445 g/mol. The minimum absolute atomic E-state index is 0.203. The molecule has 32 heavy (non-hydrogen) atoms. The van der Waals surface area contributed by atoms with Gasteiger partial charge in [0.2, 0.25) is 5.90 Å². The molecule has 0 N–H and O–H groups in total. The minimum Gasteiger partial charge on any atom is -0.423 e. The first-order chi connectivity index (χ1) is 15.4. The summed E-state index contributed by atoms with van der Waals surface area (Å²) in [5, 5.41) is 0.325. The van der Waals surface area contributed by atoms with Crippen LogP contribution in [-0.2, 0) is 9.53 Å². The van der Waals surface area contributed by atoms with Gasteiger partial charge in [0, 0.05) is 5.56 Å². The maximum absolute atomic E-state index is 12.3. The second-order valence-electron chi connectivity index (χ2n) is 7.55. The van der Waals surface area contributed by atoms with Crippen LogP contribution in [0.25, 0.3) is 6.08 Å². The Morgan fingerprint density at radius 1 is 1.00 bits per heavy atom. The van der Waals surface area contributed by atoms with Gasteiger partial charge in [-0.3, -0.25) is 0 Å². The lowest BCUT2D eigenvalue weighted by Crippen LogP contribution is -2.08. The maximum Gasteiger partial charge on any atom is 0.363 e. The highest BCUT2D eigenvalue weighted by molar-refractivity contribution is 6.33. The molecule has 0 radical (unpaired) electrons. The Morgan fingerprint density at radius 2 is 1.69 bits per heavy atom. The van der Waals surface area contributed by atoms with E-state index in [-0.39, 0.29) is 17.2 Å². The molecule has 0 saturated carbocycles. The minimum atomic E-state index is -0.543. The smallest absolute Gasteiger partial charge is 0.363 e. The summed E-state index contributed by atoms with van der Waals surface area (Å²) in [6.07, 6.45) is 1.62. The van der Waals surface area contributed by atoms with Crippen LogP contribution in [-0.4, -0.2) is 17.8 Å². The number of nitrogens with zero attached hydrogens (tertiary/aromatic N) is 1. The number of benzene rings is 3. The summed E-state index contributed by atoms with van der Waals surface area (Å²) in [5.41, 5.74) is 3.15. The van der Waals surface area contributed by atoms with Crippen LogP contribution >= 0.6 is 11.6 Å². The van der Waals surface area contributed by atoms with Crippen LogP contribution in [0, 0.1) is 0 Å². The van der Waals surface area contributed by atoms with Crippen molar-refractivity contribution in [1.29, 1.82) is 0 Å². The molecule has 0 atom stereocenters. The van der Waals surface area contributed by atoms with E-state index in [0.717, 1.165) is 11.1 Å². The summed E-state index contributed by atoms with van der Waals surface area (Å²) in [6, 6.07) is 21.2. The molecule has 0 fully saturated rings. The Morgan fingerprint density at radius 3 is 2.34 bits per heavy atom. The quantitative estimate of drug-likeness (QED) is 0.273. The van der Waals surface area contributed by atoms with Gasteiger partial charge in [-0.15, -0.1) is 0 Å². The van der Waals surface area contributed by atoms with Gasteiger partial charge in [0.25, 0.3) is 0 Å². The van der Waals surface area contributed by atoms with Crippen molar-refractivity contribution in [2.24, 2.45) is 4.99 Å². The molecule has 160 valence electrons. The van der Waals surface area contributed by atoms with Gasteiger partial charge in [-0.05, 0) is 59.5 Å². The van der Waals surface area contributed by atoms with E-state index in [9.17, 15) is 9.59 Å². The fourth-order valence-corrected chi connectivity index (χ4v) is 3.33. The largest absolute Gasteiger partial charge is 0.423 e. The fourth-order valence-electron chi connectivity index (χ4n) is 3.12. The summed E-state index contributed by atoms with van der Waals surface area (Å²) in [6.45, 7) is 4.23. The number of carbonyl (C=O) groups is 2. The lowest BCUT2D eigenvalue weighted by Gasteiger charge is -2.06. The topological polar surface area (TPSA) is 65.0 Å². The molecule has 1 aliphatic heterocycles. The molecule has 0 saturated heterocycles. The lowest BCUT2D eigenvalue weighted by molar-refractivity contribution is -0.129. The Hall–Kier alpha value is -3.70. The van der Waals surface area contributed by atoms with Gasteiger partial charge in [0.1, 0.15) is 5.75 Å². The number of hydrogen-bond donors (Lipinski definition) is 0. The number of aliphatic imine (C=N–C) groups is 1. The number of rotatable bonds is 5. The van der Waals surface area contributed by atoms with Gasteiger partial charge < -0.3 is 9.47 Å². The molecule has 6 heteroatoms. The van der Waals surface area contributed by atoms with Crippen molar-refractivity contribution in [2.45, 2.75) is 19.8 Å². The molecule has 1 aliphatic rings. The van der Waals surface area contributed by atoms with E-state index in [1.807, 2.05) is 24.3 Å². The van der Waals surface area contributed by atoms with Crippen LogP contribution in [0.2, 0.25) is 5.02 Å². The summed E-state index contributed by atoms with van der Waals surface area (Å²) >= 11 is 6.03.